The third-order valence-corrected chi connectivity index (χ3v) is 5.07. The van der Waals surface area contributed by atoms with Crippen molar-refractivity contribution in [3.8, 4) is 0 Å². The second-order valence-electron chi connectivity index (χ2n) is 5.92. The summed E-state index contributed by atoms with van der Waals surface area (Å²) in [5, 5.41) is 0. The van der Waals surface area contributed by atoms with E-state index in [-0.39, 0.29) is 10.9 Å². The summed E-state index contributed by atoms with van der Waals surface area (Å²) < 4.78 is 0. The van der Waals surface area contributed by atoms with E-state index in [1.54, 1.807) is 4.90 Å². The quantitative estimate of drug-likeness (QED) is 0.603. The first-order valence-electron chi connectivity index (χ1n) is 7.39. The minimum Gasteiger partial charge on any atom is -0.392 e. The lowest BCUT2D eigenvalue weighted by Gasteiger charge is -2.36. The smallest absolute Gasteiger partial charge is 0.240 e. The molecular formula is C14H23N3O2S. The summed E-state index contributed by atoms with van der Waals surface area (Å²) in [7, 11) is 0. The Bertz CT molecular complexity index is 417. The lowest BCUT2D eigenvalue weighted by molar-refractivity contribution is -0.143. The van der Waals surface area contributed by atoms with E-state index in [4.69, 9.17) is 23.7 Å². The van der Waals surface area contributed by atoms with E-state index in [2.05, 4.69) is 0 Å². The van der Waals surface area contributed by atoms with Crippen LogP contribution >= 0.6 is 12.2 Å². The molecule has 6 heteroatoms. The molecule has 1 unspecified atom stereocenters. The van der Waals surface area contributed by atoms with Crippen molar-refractivity contribution in [2.45, 2.75) is 57.4 Å². The molecule has 2 rings (SSSR count). The molecule has 1 saturated carbocycles. The number of thiocarbonyl (C=S) groups is 1. The predicted molar refractivity (Wildman–Crippen MR) is 80.8 cm³/mol. The molecule has 5 nitrogen and oxygen atoms in total. The number of rotatable bonds is 3. The summed E-state index contributed by atoms with van der Waals surface area (Å²) in [4.78, 5) is 26.4. The van der Waals surface area contributed by atoms with Crippen molar-refractivity contribution in [3.05, 3.63) is 0 Å². The van der Waals surface area contributed by atoms with Crippen molar-refractivity contribution >= 4 is 29.0 Å². The molecule has 1 aliphatic carbocycles. The molecule has 0 aromatic heterocycles. The van der Waals surface area contributed by atoms with E-state index >= 15 is 0 Å². The van der Waals surface area contributed by atoms with Crippen LogP contribution < -0.4 is 11.5 Å². The summed E-state index contributed by atoms with van der Waals surface area (Å²) in [6.45, 7) is 0.580. The number of nitrogens with two attached hydrogens (primary N) is 2. The predicted octanol–water partition coefficient (Wildman–Crippen LogP) is 1.09. The van der Waals surface area contributed by atoms with Gasteiger partial charge < -0.3 is 16.4 Å². The highest BCUT2D eigenvalue weighted by molar-refractivity contribution is 7.80. The first-order valence-corrected chi connectivity index (χ1v) is 7.80. The van der Waals surface area contributed by atoms with Crippen LogP contribution in [-0.2, 0) is 9.59 Å². The number of carbonyl (C=O) groups excluding carboxylic acids is 2. The maximum absolute atomic E-state index is 13.0. The molecule has 1 saturated heterocycles. The van der Waals surface area contributed by atoms with Gasteiger partial charge in [-0.05, 0) is 25.7 Å². The van der Waals surface area contributed by atoms with Crippen molar-refractivity contribution in [1.29, 1.82) is 0 Å². The highest BCUT2D eigenvalue weighted by atomic mass is 32.1. The number of primary amides is 1. The van der Waals surface area contributed by atoms with Gasteiger partial charge in [0.15, 0.2) is 0 Å². The molecule has 0 spiro atoms. The Morgan fingerprint density at radius 1 is 1.05 bits per heavy atom. The summed E-state index contributed by atoms with van der Waals surface area (Å²) in [5.74, 6) is -0.504. The van der Waals surface area contributed by atoms with Gasteiger partial charge in [0, 0.05) is 6.54 Å². The fourth-order valence-corrected chi connectivity index (χ4v) is 3.77. The van der Waals surface area contributed by atoms with Crippen molar-refractivity contribution in [3.63, 3.8) is 0 Å². The molecule has 1 heterocycles. The lowest BCUT2D eigenvalue weighted by atomic mass is 9.78. The second kappa shape index (κ2) is 6.08. The molecule has 1 aliphatic heterocycles. The van der Waals surface area contributed by atoms with Gasteiger partial charge in [0.1, 0.15) is 6.04 Å². The number of hydrogen-bond donors (Lipinski definition) is 2. The largest absolute Gasteiger partial charge is 0.392 e. The van der Waals surface area contributed by atoms with Crippen LogP contribution in [0.1, 0.15) is 51.4 Å². The lowest BCUT2D eigenvalue weighted by Crippen LogP contribution is -2.54. The molecule has 2 fully saturated rings. The van der Waals surface area contributed by atoms with Crippen molar-refractivity contribution in [1.82, 2.24) is 4.90 Å². The molecule has 2 amide bonds. The average Bonchev–Trinajstić information content (AvgIpc) is 2.75. The van der Waals surface area contributed by atoms with E-state index < -0.39 is 17.4 Å². The molecule has 0 aromatic carbocycles. The van der Waals surface area contributed by atoms with Crippen LogP contribution in [0.5, 0.6) is 0 Å². The van der Waals surface area contributed by atoms with Gasteiger partial charge in [0.05, 0.1) is 10.4 Å². The van der Waals surface area contributed by atoms with Gasteiger partial charge in [-0.2, -0.15) is 0 Å². The minimum atomic E-state index is -0.760. The van der Waals surface area contributed by atoms with E-state index in [9.17, 15) is 9.59 Å². The Kier molecular flexibility index (Phi) is 4.62. The monoisotopic (exact) mass is 297 g/mol. The zero-order valence-electron chi connectivity index (χ0n) is 11.8. The van der Waals surface area contributed by atoms with Crippen molar-refractivity contribution < 1.29 is 9.59 Å². The molecule has 0 bridgehead atoms. The number of hydrogen-bond acceptors (Lipinski definition) is 3. The first kappa shape index (κ1) is 15.2. The van der Waals surface area contributed by atoms with E-state index in [1.807, 2.05) is 0 Å². The van der Waals surface area contributed by atoms with Gasteiger partial charge in [-0.3, -0.25) is 9.59 Å². The summed E-state index contributed by atoms with van der Waals surface area (Å²) in [6.07, 6.45) is 6.98. The van der Waals surface area contributed by atoms with Crippen LogP contribution in [0.25, 0.3) is 0 Å². The van der Waals surface area contributed by atoms with Crippen LogP contribution in [0.15, 0.2) is 0 Å². The van der Waals surface area contributed by atoms with Gasteiger partial charge in [-0.25, -0.2) is 0 Å². The molecule has 20 heavy (non-hydrogen) atoms. The Labute approximate surface area is 125 Å². The fraction of sp³-hybridized carbons (Fsp3) is 0.786. The average molecular weight is 297 g/mol. The van der Waals surface area contributed by atoms with Gasteiger partial charge in [0.2, 0.25) is 11.8 Å². The number of likely N-dealkylation sites (tertiary alicyclic amines) is 1. The number of nitrogens with zero attached hydrogens (tertiary/aromatic N) is 1. The number of amides is 2. The van der Waals surface area contributed by atoms with Crippen LogP contribution in [0.2, 0.25) is 0 Å². The normalized spacial score (nSPS) is 26.0. The highest BCUT2D eigenvalue weighted by Gasteiger charge is 2.47. The van der Waals surface area contributed by atoms with Gasteiger partial charge in [0.25, 0.3) is 0 Å². The Balaban J connectivity index is 2.26. The van der Waals surface area contributed by atoms with Crippen LogP contribution in [0.4, 0.5) is 0 Å². The van der Waals surface area contributed by atoms with Gasteiger partial charge >= 0.3 is 0 Å². The summed E-state index contributed by atoms with van der Waals surface area (Å²) in [5.41, 5.74) is 10.6. The first-order chi connectivity index (χ1) is 9.49. The molecule has 0 radical (unpaired) electrons. The SMILES string of the molecule is NC(=O)C1CCCN1C(=O)C1(C(N)=S)CCCCCC1. The van der Waals surface area contributed by atoms with E-state index in [1.165, 1.54) is 0 Å². The molecule has 4 N–H and O–H groups in total. The third kappa shape index (κ3) is 2.66. The van der Waals surface area contributed by atoms with Crippen LogP contribution in [0, 0.1) is 5.41 Å². The zero-order chi connectivity index (χ0) is 14.8. The van der Waals surface area contributed by atoms with Crippen LogP contribution in [0.3, 0.4) is 0 Å². The topological polar surface area (TPSA) is 89.4 Å². The molecule has 112 valence electrons. The second-order valence-corrected chi connectivity index (χ2v) is 6.36. The van der Waals surface area contributed by atoms with E-state index in [0.29, 0.717) is 25.8 Å². The van der Waals surface area contributed by atoms with Gasteiger partial charge in [-0.1, -0.05) is 37.9 Å². The summed E-state index contributed by atoms with van der Waals surface area (Å²) >= 11 is 5.22. The van der Waals surface area contributed by atoms with Crippen molar-refractivity contribution in [2.24, 2.45) is 16.9 Å². The molecule has 2 aliphatic rings. The molecule has 0 aromatic rings. The van der Waals surface area contributed by atoms with Crippen molar-refractivity contribution in [2.75, 3.05) is 6.54 Å². The Morgan fingerprint density at radius 3 is 2.15 bits per heavy atom. The maximum Gasteiger partial charge on any atom is 0.240 e. The Morgan fingerprint density at radius 2 is 1.65 bits per heavy atom. The summed E-state index contributed by atoms with van der Waals surface area (Å²) in [6, 6.07) is -0.489. The van der Waals surface area contributed by atoms with E-state index in [0.717, 1.165) is 32.1 Å². The molecular weight excluding hydrogens is 274 g/mol. The maximum atomic E-state index is 13.0. The third-order valence-electron chi connectivity index (χ3n) is 4.68. The minimum absolute atomic E-state index is 0.0757. The zero-order valence-corrected chi connectivity index (χ0v) is 12.6. The fourth-order valence-electron chi connectivity index (χ4n) is 3.48. The van der Waals surface area contributed by atoms with Crippen LogP contribution in [-0.4, -0.2) is 34.3 Å². The Hall–Kier alpha value is -1.17. The highest BCUT2D eigenvalue weighted by Crippen LogP contribution is 2.39. The van der Waals surface area contributed by atoms with Gasteiger partial charge in [-0.15, -0.1) is 0 Å². The standard InChI is InChI=1S/C14H23N3O2S/c15-11(18)10-6-5-9-17(10)13(19)14(12(16)20)7-3-1-2-4-8-14/h10H,1-9H2,(H2,15,18)(H2,16,20). The molecule has 1 atom stereocenters. The number of carbonyl (C=O) groups is 2.